The average molecular weight is 366 g/mol. The predicted octanol–water partition coefficient (Wildman–Crippen LogP) is 3.83. The van der Waals surface area contributed by atoms with Crippen LogP contribution in [0.3, 0.4) is 0 Å². The first-order chi connectivity index (χ1) is 10.7. The molecule has 0 radical (unpaired) electrons. The van der Waals surface area contributed by atoms with Crippen LogP contribution in [-0.4, -0.2) is 26.1 Å². The number of aryl methyl sites for hydroxylation is 1. The van der Waals surface area contributed by atoms with E-state index in [1.165, 1.54) is 6.26 Å². The molecule has 1 aromatic rings. The van der Waals surface area contributed by atoms with Crippen LogP contribution in [0.5, 0.6) is 5.75 Å². The van der Waals surface area contributed by atoms with Crippen molar-refractivity contribution in [2.45, 2.75) is 65.3 Å². The lowest BCUT2D eigenvalue weighted by molar-refractivity contribution is -0.276. The SMILES string of the molecule is CCCCc1cc(OC(OO[SiH](C)C)P(=O)(O)OC(C)C)co1. The van der Waals surface area contributed by atoms with Crippen molar-refractivity contribution >= 4 is 16.6 Å². The molecule has 0 fully saturated rings. The largest absolute Gasteiger partial charge is 0.465 e. The van der Waals surface area contributed by atoms with Gasteiger partial charge in [-0.3, -0.25) is 9.14 Å². The lowest BCUT2D eigenvalue weighted by Crippen LogP contribution is -2.26. The van der Waals surface area contributed by atoms with E-state index in [1.54, 1.807) is 19.9 Å². The van der Waals surface area contributed by atoms with Crippen LogP contribution in [0.25, 0.3) is 0 Å². The Bertz CT molecular complexity index is 503. The number of unbranched alkanes of at least 4 members (excludes halogenated alkanes) is 1. The van der Waals surface area contributed by atoms with Gasteiger partial charge in [-0.05, 0) is 33.4 Å². The van der Waals surface area contributed by atoms with Gasteiger partial charge < -0.3 is 18.6 Å². The van der Waals surface area contributed by atoms with E-state index in [2.05, 4.69) is 6.92 Å². The maximum atomic E-state index is 12.3. The molecule has 0 aliphatic carbocycles. The molecule has 2 unspecified atom stereocenters. The third-order valence-corrected chi connectivity index (χ3v) is 4.55. The molecule has 0 saturated carbocycles. The lowest BCUT2D eigenvalue weighted by Gasteiger charge is -2.24. The maximum absolute atomic E-state index is 12.3. The molecule has 0 bridgehead atoms. The second kappa shape index (κ2) is 9.61. The Morgan fingerprint density at radius 2 is 2.09 bits per heavy atom. The summed E-state index contributed by atoms with van der Waals surface area (Å²) in [6.07, 6.45) is 3.73. The second-order valence-corrected chi connectivity index (χ2v) is 9.79. The summed E-state index contributed by atoms with van der Waals surface area (Å²) in [7, 11) is -5.75. The highest BCUT2D eigenvalue weighted by Crippen LogP contribution is 2.50. The minimum Gasteiger partial charge on any atom is -0.465 e. The van der Waals surface area contributed by atoms with Crippen LogP contribution in [0.15, 0.2) is 16.7 Å². The summed E-state index contributed by atoms with van der Waals surface area (Å²) in [6, 6.07) is 0.116. The average Bonchev–Trinajstić information content (AvgIpc) is 2.87. The van der Waals surface area contributed by atoms with E-state index in [-0.39, 0.29) is 0 Å². The zero-order valence-corrected chi connectivity index (χ0v) is 16.4. The molecule has 134 valence electrons. The summed E-state index contributed by atoms with van der Waals surface area (Å²) in [5, 5.41) is 0. The smallest absolute Gasteiger partial charge is 0.399 e. The molecule has 1 N–H and O–H groups in total. The molecular weight excluding hydrogens is 339 g/mol. The van der Waals surface area contributed by atoms with Crippen molar-refractivity contribution in [1.29, 1.82) is 0 Å². The molecule has 1 heterocycles. The van der Waals surface area contributed by atoms with E-state index in [9.17, 15) is 9.46 Å². The molecule has 1 rings (SSSR count). The maximum Gasteiger partial charge on any atom is 0.399 e. The quantitative estimate of drug-likeness (QED) is 0.209. The summed E-state index contributed by atoms with van der Waals surface area (Å²) in [4.78, 5) is 15.1. The van der Waals surface area contributed by atoms with Crippen LogP contribution in [0.2, 0.25) is 13.1 Å². The molecular formula is C14H27O7PSi. The van der Waals surface area contributed by atoms with Crippen molar-refractivity contribution in [2.24, 2.45) is 0 Å². The monoisotopic (exact) mass is 366 g/mol. The molecule has 23 heavy (non-hydrogen) atoms. The van der Waals surface area contributed by atoms with Gasteiger partial charge >= 0.3 is 13.6 Å². The van der Waals surface area contributed by atoms with E-state index < -0.39 is 28.8 Å². The third-order valence-electron chi connectivity index (χ3n) is 2.60. The van der Waals surface area contributed by atoms with Gasteiger partial charge in [0.05, 0.1) is 6.10 Å². The lowest BCUT2D eigenvalue weighted by atomic mass is 10.2. The molecule has 0 aromatic carbocycles. The van der Waals surface area contributed by atoms with Crippen LogP contribution in [0, 0.1) is 0 Å². The Balaban J connectivity index is 2.79. The van der Waals surface area contributed by atoms with Crippen LogP contribution < -0.4 is 4.74 Å². The van der Waals surface area contributed by atoms with Gasteiger partial charge in [0.1, 0.15) is 12.0 Å². The number of furan rings is 1. The molecule has 9 heteroatoms. The number of rotatable bonds is 11. The minimum absolute atomic E-state index is 0.303. The zero-order valence-electron chi connectivity index (χ0n) is 14.4. The fraction of sp³-hybridized carbons (Fsp3) is 0.714. The van der Waals surface area contributed by atoms with Crippen LogP contribution in [-0.2, 0) is 25.0 Å². The van der Waals surface area contributed by atoms with Gasteiger partial charge in [0.25, 0.3) is 0 Å². The fourth-order valence-electron chi connectivity index (χ4n) is 1.67. The fourth-order valence-corrected chi connectivity index (χ4v) is 3.21. The van der Waals surface area contributed by atoms with Gasteiger partial charge in [-0.15, -0.1) is 0 Å². The van der Waals surface area contributed by atoms with Crippen molar-refractivity contribution in [1.82, 2.24) is 0 Å². The Hall–Kier alpha value is -0.633. The van der Waals surface area contributed by atoms with Crippen molar-refractivity contribution in [3.63, 3.8) is 0 Å². The van der Waals surface area contributed by atoms with E-state index >= 15 is 0 Å². The molecule has 7 nitrogen and oxygen atoms in total. The first kappa shape index (κ1) is 20.4. The van der Waals surface area contributed by atoms with Gasteiger partial charge in [0.15, 0.2) is 5.75 Å². The Labute approximate surface area is 139 Å². The van der Waals surface area contributed by atoms with Gasteiger partial charge in [-0.1, -0.05) is 13.3 Å². The van der Waals surface area contributed by atoms with Crippen LogP contribution in [0.1, 0.15) is 39.4 Å². The van der Waals surface area contributed by atoms with Crippen molar-refractivity contribution in [3.05, 3.63) is 18.1 Å². The van der Waals surface area contributed by atoms with Crippen molar-refractivity contribution < 1.29 is 32.6 Å². The first-order valence-corrected chi connectivity index (χ1v) is 12.2. The third kappa shape index (κ3) is 7.65. The summed E-state index contributed by atoms with van der Waals surface area (Å²) >= 11 is 0. The molecule has 0 spiro atoms. The molecule has 2 atom stereocenters. The molecule has 0 aliphatic heterocycles. The van der Waals surface area contributed by atoms with E-state index in [0.717, 1.165) is 25.0 Å². The molecule has 0 saturated heterocycles. The normalized spacial score (nSPS) is 15.8. The Morgan fingerprint density at radius 3 is 2.65 bits per heavy atom. The van der Waals surface area contributed by atoms with Gasteiger partial charge in [0, 0.05) is 12.5 Å². The highest BCUT2D eigenvalue weighted by Gasteiger charge is 2.38. The highest BCUT2D eigenvalue weighted by atomic mass is 31.2. The summed E-state index contributed by atoms with van der Waals surface area (Å²) < 4.78 is 33.2. The van der Waals surface area contributed by atoms with E-state index in [4.69, 9.17) is 23.1 Å². The van der Waals surface area contributed by atoms with Crippen molar-refractivity contribution in [2.75, 3.05) is 0 Å². The molecule has 1 aromatic heterocycles. The highest BCUT2D eigenvalue weighted by molar-refractivity contribution is 7.53. The minimum atomic E-state index is -4.18. The van der Waals surface area contributed by atoms with Crippen LogP contribution in [0.4, 0.5) is 0 Å². The summed E-state index contributed by atoms with van der Waals surface area (Å²) in [5.41, 5.74) is 0. The Morgan fingerprint density at radius 1 is 1.39 bits per heavy atom. The second-order valence-electron chi connectivity index (χ2n) is 5.74. The van der Waals surface area contributed by atoms with Crippen LogP contribution >= 0.6 is 7.60 Å². The van der Waals surface area contributed by atoms with Crippen molar-refractivity contribution in [3.8, 4) is 5.75 Å². The molecule has 0 aliphatic rings. The van der Waals surface area contributed by atoms with Gasteiger partial charge in [-0.25, -0.2) is 0 Å². The number of hydrogen-bond acceptors (Lipinski definition) is 6. The standard InChI is InChI=1S/C14H27O7PSi/c1-6-7-8-12-9-13(10-17-12)18-14(19-21-23(4)5)22(15,16)20-11(2)3/h9-11,14,23H,6-8H2,1-5H3,(H,15,16). The summed E-state index contributed by atoms with van der Waals surface area (Å²) in [5.74, 6) is 1.05. The topological polar surface area (TPSA) is 87.4 Å². The van der Waals surface area contributed by atoms with E-state index in [1.807, 2.05) is 13.1 Å². The van der Waals surface area contributed by atoms with Gasteiger partial charge in [-0.2, -0.15) is 4.89 Å². The summed E-state index contributed by atoms with van der Waals surface area (Å²) in [6.45, 7) is 9.12. The predicted molar refractivity (Wildman–Crippen MR) is 88.8 cm³/mol. The zero-order chi connectivity index (χ0) is 17.5. The Kier molecular flexibility index (Phi) is 8.53. The molecule has 0 amide bonds. The number of ether oxygens (including phenoxy) is 1. The number of hydrogen-bond donors (Lipinski definition) is 1. The first-order valence-electron chi connectivity index (χ1n) is 7.81. The van der Waals surface area contributed by atoms with Gasteiger partial charge in [0.2, 0.25) is 9.04 Å². The van der Waals surface area contributed by atoms with E-state index in [0.29, 0.717) is 5.75 Å².